The van der Waals surface area contributed by atoms with E-state index in [1.54, 1.807) is 0 Å². The number of unbranched alkanes of at least 4 members (excludes halogenated alkanes) is 26. The molecule has 1 radical (unpaired) electrons. The molecule has 0 heterocycles. The third-order valence-corrected chi connectivity index (χ3v) is 6.71. The van der Waals surface area contributed by atoms with Crippen LogP contribution in [-0.4, -0.2) is 6.16 Å². The summed E-state index contributed by atoms with van der Waals surface area (Å²) in [5.74, 6) is 0. The molecular weight excluding hydrogens is 503 g/mol. The monoisotopic (exact) mass is 569 g/mol. The van der Waals surface area contributed by atoms with Crippen molar-refractivity contribution in [3.8, 4) is 0 Å². The van der Waals surface area contributed by atoms with Crippen LogP contribution in [0.2, 0.25) is 0 Å². The fourth-order valence-electron chi connectivity index (χ4n) is 4.39. The van der Waals surface area contributed by atoms with Crippen LogP contribution >= 0.6 is 0 Å². The minimum atomic E-state index is -2.33. The molecule has 0 bridgehead atoms. The molecule has 0 aliphatic carbocycles. The number of carbonyl (C=O) groups excluding carboxylic acids is 1. The van der Waals surface area contributed by atoms with Crippen LogP contribution in [0, 0.1) is 13.8 Å². The van der Waals surface area contributed by atoms with Gasteiger partial charge in [-0.1, -0.05) is 181 Å². The van der Waals surface area contributed by atoms with Crippen LogP contribution in [0.25, 0.3) is 0 Å². The Morgan fingerprint density at radius 3 is 0.676 bits per heavy atom. The Morgan fingerprint density at radius 2 is 0.541 bits per heavy atom. The summed E-state index contributed by atoms with van der Waals surface area (Å²) in [6, 6.07) is 0. The van der Waals surface area contributed by atoms with Crippen molar-refractivity contribution in [2.45, 2.75) is 194 Å². The molecule has 4 heteroatoms. The van der Waals surface area contributed by atoms with E-state index in [0.29, 0.717) is 0 Å². The maximum Gasteiger partial charge on any atom is 2.00 e. The van der Waals surface area contributed by atoms with Gasteiger partial charge in [0.15, 0.2) is 0 Å². The molecule has 0 atom stereocenters. The molecule has 0 fully saturated rings. The van der Waals surface area contributed by atoms with Gasteiger partial charge in [0.05, 0.1) is 0 Å². The molecule has 0 aromatic carbocycles. The van der Waals surface area contributed by atoms with Crippen LogP contribution in [0.3, 0.4) is 0 Å². The Hall–Kier alpha value is -0.224. The van der Waals surface area contributed by atoms with E-state index < -0.39 is 6.16 Å². The summed E-state index contributed by atoms with van der Waals surface area (Å²) < 4.78 is 0. The summed E-state index contributed by atoms with van der Waals surface area (Å²) in [4.78, 5) is 8.33. The van der Waals surface area contributed by atoms with E-state index in [2.05, 4.69) is 27.7 Å². The average Bonchev–Trinajstić information content (AvgIpc) is 2.85. The van der Waals surface area contributed by atoms with Crippen LogP contribution in [-0.2, 0) is 16.8 Å². The summed E-state index contributed by atoms with van der Waals surface area (Å²) in [5, 5.41) is 16.7. The normalized spacial score (nSPS) is 10.1. The predicted molar refractivity (Wildman–Crippen MR) is 157 cm³/mol. The average molecular weight is 570 g/mol. The van der Waals surface area contributed by atoms with Crippen LogP contribution < -0.4 is 10.2 Å². The van der Waals surface area contributed by atoms with Gasteiger partial charge in [0.1, 0.15) is 0 Å². The Labute approximate surface area is 244 Å². The Balaban J connectivity index is -0.000000251. The molecule has 0 rings (SSSR count). The second kappa shape index (κ2) is 45.7. The molecule has 0 saturated carbocycles. The van der Waals surface area contributed by atoms with Crippen molar-refractivity contribution in [2.24, 2.45) is 0 Å². The van der Waals surface area contributed by atoms with Crippen LogP contribution in [0.15, 0.2) is 0 Å². The molecule has 0 N–H and O–H groups in total. The maximum atomic E-state index is 8.33. The zero-order valence-corrected chi connectivity index (χ0v) is 26.3. The molecule has 227 valence electrons. The van der Waals surface area contributed by atoms with Gasteiger partial charge in [-0.15, -0.1) is 0 Å². The topological polar surface area (TPSA) is 63.2 Å². The van der Waals surface area contributed by atoms with Crippen molar-refractivity contribution < 1.29 is 31.8 Å². The number of hydrogen-bond acceptors (Lipinski definition) is 3. The summed E-state index contributed by atoms with van der Waals surface area (Å²) in [7, 11) is 0. The van der Waals surface area contributed by atoms with E-state index in [9.17, 15) is 0 Å². The van der Waals surface area contributed by atoms with Gasteiger partial charge in [-0.2, -0.15) is 12.8 Å². The van der Waals surface area contributed by atoms with Gasteiger partial charge >= 0.3 is 16.8 Å². The van der Waals surface area contributed by atoms with Gasteiger partial charge in [-0.25, -0.2) is 0 Å². The van der Waals surface area contributed by atoms with E-state index in [1.165, 1.54) is 167 Å². The molecule has 3 nitrogen and oxygen atoms in total. The van der Waals surface area contributed by atoms with E-state index in [0.717, 1.165) is 12.8 Å². The van der Waals surface area contributed by atoms with Crippen LogP contribution in [0.4, 0.5) is 4.79 Å². The predicted octanol–water partition coefficient (Wildman–Crippen LogP) is 10.2. The Kier molecular flexibility index (Phi) is 54.1. The van der Waals surface area contributed by atoms with Crippen molar-refractivity contribution in [3.05, 3.63) is 13.8 Å². The van der Waals surface area contributed by atoms with E-state index >= 15 is 0 Å². The van der Waals surface area contributed by atoms with Gasteiger partial charge in [0.25, 0.3) is 0 Å². The minimum Gasteiger partial charge on any atom is -0.652 e. The zero-order valence-electron chi connectivity index (χ0n) is 25.3. The summed E-state index contributed by atoms with van der Waals surface area (Å²) >= 11 is 0. The van der Waals surface area contributed by atoms with Crippen molar-refractivity contribution in [2.75, 3.05) is 0 Å². The standard InChI is InChI=1S/2C16H33.CH2O3.Co/c2*1-3-5-7-9-11-13-15-16-14-12-10-8-6-4-2;2-1(3)4;/h2*1,3-16H2,2H3;(H2,2,3,4);/q2*-1;;+2/p-2. The summed E-state index contributed by atoms with van der Waals surface area (Å²) in [6.07, 6.45) is 37.3. The largest absolute Gasteiger partial charge is 2.00 e. The SMILES string of the molecule is O=C([O-])[O-].[CH2-]CCCCCCCCCCCCCCC.[CH2-]CCCCCCCCCCCCCCC.[Co+2]. The molecular formula is C33H66CoO3-2. The first-order valence-electron chi connectivity index (χ1n) is 16.0. The molecule has 0 aromatic rings. The molecule has 0 aliphatic rings. The van der Waals surface area contributed by atoms with E-state index in [4.69, 9.17) is 15.0 Å². The van der Waals surface area contributed by atoms with Gasteiger partial charge in [-0.3, -0.25) is 0 Å². The second-order valence-electron chi connectivity index (χ2n) is 10.4. The second-order valence-corrected chi connectivity index (χ2v) is 10.4. The Morgan fingerprint density at radius 1 is 0.405 bits per heavy atom. The first-order chi connectivity index (χ1) is 17.6. The van der Waals surface area contributed by atoms with Crippen molar-refractivity contribution in [1.29, 1.82) is 0 Å². The molecule has 0 aliphatic heterocycles. The zero-order chi connectivity index (χ0) is 27.4. The van der Waals surface area contributed by atoms with Crippen molar-refractivity contribution >= 4 is 6.16 Å². The molecule has 0 aromatic heterocycles. The fraction of sp³-hybridized carbons (Fsp3) is 0.909. The summed E-state index contributed by atoms with van der Waals surface area (Å²) in [5.41, 5.74) is 0. The quantitative estimate of drug-likeness (QED) is 0.0769. The minimum absolute atomic E-state index is 0. The molecule has 0 saturated heterocycles. The third-order valence-electron chi connectivity index (χ3n) is 6.71. The third kappa shape index (κ3) is 61.4. The fourth-order valence-corrected chi connectivity index (χ4v) is 4.39. The molecule has 0 amide bonds. The Bertz CT molecular complexity index is 303. The van der Waals surface area contributed by atoms with E-state index in [-0.39, 0.29) is 16.8 Å². The number of carboxylic acid groups (broad SMARTS) is 2. The van der Waals surface area contributed by atoms with E-state index in [1.807, 2.05) is 0 Å². The molecule has 0 unspecified atom stereocenters. The van der Waals surface area contributed by atoms with Gasteiger partial charge in [0.2, 0.25) is 0 Å². The van der Waals surface area contributed by atoms with Crippen molar-refractivity contribution in [3.63, 3.8) is 0 Å². The number of hydrogen-bond donors (Lipinski definition) is 0. The van der Waals surface area contributed by atoms with Gasteiger partial charge in [-0.05, 0) is 6.16 Å². The smallest absolute Gasteiger partial charge is 0.652 e. The van der Waals surface area contributed by atoms with Gasteiger partial charge in [0, 0.05) is 0 Å². The number of carbonyl (C=O) groups is 1. The molecule has 37 heavy (non-hydrogen) atoms. The first-order valence-corrected chi connectivity index (χ1v) is 16.0. The first kappa shape index (κ1) is 43.8. The van der Waals surface area contributed by atoms with Crippen LogP contribution in [0.1, 0.15) is 194 Å². The van der Waals surface area contributed by atoms with Crippen LogP contribution in [0.5, 0.6) is 0 Å². The maximum absolute atomic E-state index is 8.33. The van der Waals surface area contributed by atoms with Crippen molar-refractivity contribution in [1.82, 2.24) is 0 Å². The summed E-state index contributed by atoms with van der Waals surface area (Å²) in [6.45, 7) is 12.3. The number of rotatable bonds is 26. The molecule has 0 spiro atoms. The van der Waals surface area contributed by atoms with Gasteiger partial charge < -0.3 is 28.9 Å².